The zero-order chi connectivity index (χ0) is 21.0. The number of carboxylic acids is 2. The smallest absolute Gasteiger partial charge is 0.304 e. The highest BCUT2D eigenvalue weighted by atomic mass is 32.1. The standard InChI is InChI=1S/C9H14O2.2C5H10O2S/c10-5-8-3-7-1-2-9(8,4-7)6-11;2*1-2-4(8)3-5(6)7/h3,7,10-11H,1-2,4-6H2;2*4,8H,2-3H2,1H3,(H,6,7). The van der Waals surface area contributed by atoms with Gasteiger partial charge in [0.2, 0.25) is 0 Å². The fraction of sp³-hybridized carbons (Fsp3) is 0.789. The lowest BCUT2D eigenvalue weighted by molar-refractivity contribution is -0.138. The van der Waals surface area contributed by atoms with Gasteiger partial charge in [-0.05, 0) is 43.6 Å². The van der Waals surface area contributed by atoms with Gasteiger partial charge in [-0.25, -0.2) is 0 Å². The van der Waals surface area contributed by atoms with Gasteiger partial charge < -0.3 is 20.4 Å². The van der Waals surface area contributed by atoms with Crippen LogP contribution in [-0.2, 0) is 9.59 Å². The van der Waals surface area contributed by atoms with E-state index in [-0.39, 0.29) is 42.0 Å². The van der Waals surface area contributed by atoms with Crippen LogP contribution >= 0.6 is 25.3 Å². The monoisotopic (exact) mass is 422 g/mol. The van der Waals surface area contributed by atoms with Crippen LogP contribution in [0.25, 0.3) is 0 Å². The van der Waals surface area contributed by atoms with E-state index in [0.29, 0.717) is 5.92 Å². The lowest BCUT2D eigenvalue weighted by Gasteiger charge is -2.26. The summed E-state index contributed by atoms with van der Waals surface area (Å²) in [4.78, 5) is 19.8. The van der Waals surface area contributed by atoms with Crippen LogP contribution in [0, 0.1) is 11.3 Å². The molecule has 2 bridgehead atoms. The van der Waals surface area contributed by atoms with Crippen molar-refractivity contribution in [2.45, 2.75) is 69.3 Å². The molecule has 8 heteroatoms. The summed E-state index contributed by atoms with van der Waals surface area (Å²) in [5.41, 5.74) is 1.07. The van der Waals surface area contributed by atoms with Gasteiger partial charge in [-0.1, -0.05) is 19.9 Å². The summed E-state index contributed by atoms with van der Waals surface area (Å²) in [6.07, 6.45) is 7.45. The number of hydrogen-bond donors (Lipinski definition) is 6. The second-order valence-electron chi connectivity index (χ2n) is 7.11. The number of allylic oxidation sites excluding steroid dienone is 1. The molecule has 27 heavy (non-hydrogen) atoms. The Labute approximate surface area is 172 Å². The largest absolute Gasteiger partial charge is 0.481 e. The molecular formula is C19H34O6S2. The number of rotatable bonds is 8. The van der Waals surface area contributed by atoms with Gasteiger partial charge in [-0.3, -0.25) is 9.59 Å². The van der Waals surface area contributed by atoms with Crippen LogP contribution in [0.1, 0.15) is 58.8 Å². The van der Waals surface area contributed by atoms with Gasteiger partial charge in [-0.15, -0.1) is 0 Å². The summed E-state index contributed by atoms with van der Waals surface area (Å²) in [7, 11) is 0. The van der Waals surface area contributed by atoms with E-state index in [1.807, 2.05) is 13.8 Å². The van der Waals surface area contributed by atoms with Crippen molar-refractivity contribution >= 4 is 37.2 Å². The molecule has 0 amide bonds. The van der Waals surface area contributed by atoms with Crippen molar-refractivity contribution in [3.05, 3.63) is 11.6 Å². The minimum atomic E-state index is -0.771. The third-order valence-electron chi connectivity index (χ3n) is 5.00. The molecule has 0 aromatic rings. The molecule has 0 heterocycles. The summed E-state index contributed by atoms with van der Waals surface area (Å²) in [6.45, 7) is 4.19. The maximum absolute atomic E-state index is 9.92. The summed E-state index contributed by atoms with van der Waals surface area (Å²) in [5.74, 6) is -0.900. The fourth-order valence-corrected chi connectivity index (χ4v) is 3.53. The van der Waals surface area contributed by atoms with Crippen LogP contribution in [0.15, 0.2) is 11.6 Å². The number of aliphatic carboxylic acids is 2. The van der Waals surface area contributed by atoms with Crippen molar-refractivity contribution in [3.63, 3.8) is 0 Å². The van der Waals surface area contributed by atoms with Crippen molar-refractivity contribution in [3.8, 4) is 0 Å². The van der Waals surface area contributed by atoms with Crippen LogP contribution < -0.4 is 0 Å². The van der Waals surface area contributed by atoms with Crippen molar-refractivity contribution in [2.75, 3.05) is 13.2 Å². The van der Waals surface area contributed by atoms with Crippen LogP contribution in [-0.4, -0.2) is 56.1 Å². The molecule has 4 N–H and O–H groups in total. The van der Waals surface area contributed by atoms with Crippen LogP contribution in [0.3, 0.4) is 0 Å². The molecular weight excluding hydrogens is 388 g/mol. The van der Waals surface area contributed by atoms with Gasteiger partial charge in [0.15, 0.2) is 0 Å². The summed E-state index contributed by atoms with van der Waals surface area (Å²) in [5, 5.41) is 34.6. The predicted octanol–water partition coefficient (Wildman–Crippen LogP) is 3.04. The average molecular weight is 423 g/mol. The van der Waals surface area contributed by atoms with Gasteiger partial charge in [0.1, 0.15) is 0 Å². The lowest BCUT2D eigenvalue weighted by atomic mass is 9.81. The third-order valence-corrected chi connectivity index (χ3v) is 6.10. The fourth-order valence-electron chi connectivity index (χ4n) is 3.22. The zero-order valence-electron chi connectivity index (χ0n) is 16.2. The number of fused-ring (bicyclic) bond motifs is 2. The molecule has 1 fully saturated rings. The van der Waals surface area contributed by atoms with E-state index in [4.69, 9.17) is 15.3 Å². The van der Waals surface area contributed by atoms with Gasteiger partial charge >= 0.3 is 11.9 Å². The number of carboxylic acid groups (broad SMARTS) is 2. The van der Waals surface area contributed by atoms with Gasteiger partial charge in [-0.2, -0.15) is 25.3 Å². The Hall–Kier alpha value is -0.700. The van der Waals surface area contributed by atoms with Crippen LogP contribution in [0.2, 0.25) is 0 Å². The van der Waals surface area contributed by atoms with Crippen molar-refractivity contribution in [1.82, 2.24) is 0 Å². The molecule has 0 aromatic heterocycles. The molecule has 0 aromatic carbocycles. The minimum Gasteiger partial charge on any atom is -0.481 e. The van der Waals surface area contributed by atoms with E-state index in [1.54, 1.807) is 0 Å². The van der Waals surface area contributed by atoms with E-state index in [2.05, 4.69) is 31.3 Å². The van der Waals surface area contributed by atoms with E-state index in [9.17, 15) is 14.7 Å². The molecule has 0 spiro atoms. The lowest BCUT2D eigenvalue weighted by Crippen LogP contribution is -2.24. The van der Waals surface area contributed by atoms with E-state index in [1.165, 1.54) is 6.42 Å². The highest BCUT2D eigenvalue weighted by molar-refractivity contribution is 7.81. The topological polar surface area (TPSA) is 115 Å². The third kappa shape index (κ3) is 9.87. The summed E-state index contributed by atoms with van der Waals surface area (Å²) in [6, 6.07) is 0. The van der Waals surface area contributed by atoms with E-state index >= 15 is 0 Å². The van der Waals surface area contributed by atoms with Gasteiger partial charge in [0.05, 0.1) is 26.1 Å². The molecule has 4 unspecified atom stereocenters. The molecule has 2 aliphatic carbocycles. The highest BCUT2D eigenvalue weighted by Crippen LogP contribution is 2.53. The number of hydrogen-bond acceptors (Lipinski definition) is 6. The average Bonchev–Trinajstić information content (AvgIpc) is 3.20. The Morgan fingerprint density at radius 1 is 1.11 bits per heavy atom. The maximum Gasteiger partial charge on any atom is 0.304 e. The number of carbonyl (C=O) groups is 2. The Kier molecular flexibility index (Phi) is 13.1. The van der Waals surface area contributed by atoms with Gasteiger partial charge in [0.25, 0.3) is 0 Å². The van der Waals surface area contributed by atoms with Crippen molar-refractivity contribution < 1.29 is 30.0 Å². The number of aliphatic hydroxyl groups excluding tert-OH is 2. The van der Waals surface area contributed by atoms with Crippen molar-refractivity contribution in [1.29, 1.82) is 0 Å². The van der Waals surface area contributed by atoms with E-state index in [0.717, 1.165) is 31.3 Å². The first-order valence-electron chi connectivity index (χ1n) is 9.36. The van der Waals surface area contributed by atoms with Gasteiger partial charge in [0, 0.05) is 15.9 Å². The second kappa shape index (κ2) is 13.5. The van der Waals surface area contributed by atoms with Crippen LogP contribution in [0.5, 0.6) is 0 Å². The zero-order valence-corrected chi connectivity index (χ0v) is 18.0. The quantitative estimate of drug-likeness (QED) is 0.265. The maximum atomic E-state index is 9.92. The Morgan fingerprint density at radius 2 is 1.59 bits per heavy atom. The molecule has 158 valence electrons. The second-order valence-corrected chi connectivity index (χ2v) is 8.57. The summed E-state index contributed by atoms with van der Waals surface area (Å²) < 4.78 is 0. The van der Waals surface area contributed by atoms with Crippen LogP contribution in [0.4, 0.5) is 0 Å². The molecule has 2 rings (SSSR count). The molecule has 4 atom stereocenters. The predicted molar refractivity (Wildman–Crippen MR) is 113 cm³/mol. The Bertz CT molecular complexity index is 475. The first-order valence-corrected chi connectivity index (χ1v) is 10.4. The molecule has 2 aliphatic rings. The number of thiol groups is 2. The SMILES string of the molecule is CCC(S)CC(=O)O.CCC(S)CC(=O)O.OCC1=CC2CCC1(CO)C2. The first kappa shape index (κ1) is 26.3. The highest BCUT2D eigenvalue weighted by Gasteiger charge is 2.45. The molecule has 6 nitrogen and oxygen atoms in total. The molecule has 0 radical (unpaired) electrons. The first-order chi connectivity index (χ1) is 12.6. The Morgan fingerprint density at radius 3 is 1.81 bits per heavy atom. The van der Waals surface area contributed by atoms with Crippen molar-refractivity contribution in [2.24, 2.45) is 11.3 Å². The summed E-state index contributed by atoms with van der Waals surface area (Å²) >= 11 is 7.98. The normalized spacial score (nSPS) is 24.7. The molecule has 1 saturated carbocycles. The number of aliphatic hydroxyl groups is 2. The molecule has 0 saturated heterocycles. The van der Waals surface area contributed by atoms with E-state index < -0.39 is 11.9 Å². The Balaban J connectivity index is 0.000000387. The minimum absolute atomic E-state index is 0.0145. The molecule has 0 aliphatic heterocycles.